The summed E-state index contributed by atoms with van der Waals surface area (Å²) in [5.41, 5.74) is 1.99. The van der Waals surface area contributed by atoms with Gasteiger partial charge in [0.25, 0.3) is 0 Å². The Morgan fingerprint density at radius 2 is 2.17 bits per heavy atom. The minimum absolute atomic E-state index is 0.415. The summed E-state index contributed by atoms with van der Waals surface area (Å²) < 4.78 is 12.3. The lowest BCUT2D eigenvalue weighted by Crippen LogP contribution is -1.99. The maximum Gasteiger partial charge on any atom is 0.0997 e. The van der Waals surface area contributed by atoms with Crippen LogP contribution >= 0.6 is 11.6 Å². The first-order valence-electron chi connectivity index (χ1n) is 3.80. The fraction of sp³-hybridized carbons (Fsp3) is 0.300. The van der Waals surface area contributed by atoms with Crippen molar-refractivity contribution >= 4 is 11.6 Å². The van der Waals surface area contributed by atoms with E-state index in [1.165, 1.54) is 0 Å². The van der Waals surface area contributed by atoms with E-state index in [-0.39, 0.29) is 0 Å². The van der Waals surface area contributed by atoms with Crippen LogP contribution in [0.1, 0.15) is 18.1 Å². The van der Waals surface area contributed by atoms with Crippen LogP contribution in [0.4, 0.5) is 4.39 Å². The molecular formula is C10H11ClF. The summed E-state index contributed by atoms with van der Waals surface area (Å²) >= 11 is 5.78. The third-order valence-corrected chi connectivity index (χ3v) is 2.09. The molecule has 0 amide bonds. The Morgan fingerprint density at radius 3 is 2.75 bits per heavy atom. The van der Waals surface area contributed by atoms with Crippen LogP contribution in [0, 0.1) is 12.8 Å². The Labute approximate surface area is 77.4 Å². The molecule has 1 aromatic rings. The van der Waals surface area contributed by atoms with Crippen LogP contribution in [-0.4, -0.2) is 6.67 Å². The van der Waals surface area contributed by atoms with E-state index in [9.17, 15) is 4.39 Å². The molecule has 0 unspecified atom stereocenters. The maximum atomic E-state index is 12.3. The van der Waals surface area contributed by atoms with E-state index >= 15 is 0 Å². The first-order chi connectivity index (χ1) is 5.65. The van der Waals surface area contributed by atoms with Crippen molar-refractivity contribution in [1.82, 2.24) is 0 Å². The van der Waals surface area contributed by atoms with E-state index in [0.29, 0.717) is 5.02 Å². The van der Waals surface area contributed by atoms with E-state index in [1.54, 1.807) is 13.0 Å². The molecule has 0 heterocycles. The third kappa shape index (κ3) is 1.98. The first-order valence-corrected chi connectivity index (χ1v) is 4.18. The summed E-state index contributed by atoms with van der Waals surface area (Å²) in [4.78, 5) is 0. The quantitative estimate of drug-likeness (QED) is 0.661. The van der Waals surface area contributed by atoms with Crippen LogP contribution in [-0.2, 0) is 0 Å². The van der Waals surface area contributed by atoms with E-state index in [0.717, 1.165) is 17.0 Å². The van der Waals surface area contributed by atoms with Crippen LogP contribution in [0.3, 0.4) is 0 Å². The smallest absolute Gasteiger partial charge is 0.0997 e. The minimum atomic E-state index is -0.415. The maximum absolute atomic E-state index is 12.3. The fourth-order valence-corrected chi connectivity index (χ4v) is 1.30. The Kier molecular flexibility index (Phi) is 3.10. The summed E-state index contributed by atoms with van der Waals surface area (Å²) in [5, 5.41) is 0.656. The normalized spacial score (nSPS) is 10.8. The fourth-order valence-electron chi connectivity index (χ4n) is 1.13. The van der Waals surface area contributed by atoms with Gasteiger partial charge in [-0.2, -0.15) is 0 Å². The topological polar surface area (TPSA) is 0 Å². The lowest BCUT2D eigenvalue weighted by Gasteiger charge is -2.10. The standard InChI is InChI=1S/C10H11ClF/c1-7-3-4-9(11)5-10(7)8(2)6-12/h3-5H,6H2,1-2H3. The van der Waals surface area contributed by atoms with Gasteiger partial charge in [0.05, 0.1) is 6.67 Å². The molecule has 0 aliphatic heterocycles. The van der Waals surface area contributed by atoms with E-state index in [4.69, 9.17) is 11.6 Å². The van der Waals surface area contributed by atoms with Crippen molar-refractivity contribution < 1.29 is 4.39 Å². The summed E-state index contributed by atoms with van der Waals surface area (Å²) in [5.74, 6) is 0.731. The van der Waals surface area contributed by atoms with Crippen molar-refractivity contribution in [1.29, 1.82) is 0 Å². The highest BCUT2D eigenvalue weighted by Gasteiger charge is 2.08. The molecule has 0 saturated carbocycles. The molecular weight excluding hydrogens is 175 g/mol. The average Bonchev–Trinajstić information content (AvgIpc) is 2.08. The van der Waals surface area contributed by atoms with Gasteiger partial charge in [0.1, 0.15) is 0 Å². The Hall–Kier alpha value is -0.560. The van der Waals surface area contributed by atoms with Crippen LogP contribution in [0.25, 0.3) is 0 Å². The van der Waals surface area contributed by atoms with Gasteiger partial charge in [-0.25, -0.2) is 0 Å². The molecule has 0 aliphatic carbocycles. The van der Waals surface area contributed by atoms with Crippen molar-refractivity contribution in [3.63, 3.8) is 0 Å². The molecule has 2 heteroatoms. The number of halogens is 2. The van der Waals surface area contributed by atoms with Crippen molar-refractivity contribution in [2.24, 2.45) is 0 Å². The predicted octanol–water partition coefficient (Wildman–Crippen LogP) is 3.56. The van der Waals surface area contributed by atoms with Crippen molar-refractivity contribution in [2.75, 3.05) is 6.67 Å². The number of aryl methyl sites for hydroxylation is 1. The van der Waals surface area contributed by atoms with E-state index < -0.39 is 6.67 Å². The van der Waals surface area contributed by atoms with Gasteiger partial charge in [-0.3, -0.25) is 4.39 Å². The highest BCUT2D eigenvalue weighted by molar-refractivity contribution is 6.30. The average molecular weight is 186 g/mol. The van der Waals surface area contributed by atoms with Gasteiger partial charge in [0.15, 0.2) is 0 Å². The third-order valence-electron chi connectivity index (χ3n) is 1.86. The van der Waals surface area contributed by atoms with Crippen molar-refractivity contribution in [2.45, 2.75) is 13.8 Å². The molecule has 12 heavy (non-hydrogen) atoms. The van der Waals surface area contributed by atoms with Gasteiger partial charge in [0.2, 0.25) is 0 Å². The SMILES string of the molecule is C[C](CF)c1cc(Cl)ccc1C. The molecule has 1 rings (SSSR count). The number of rotatable bonds is 2. The highest BCUT2D eigenvalue weighted by Crippen LogP contribution is 2.22. The van der Waals surface area contributed by atoms with Crippen LogP contribution < -0.4 is 0 Å². The Bertz CT molecular complexity index is 271. The molecule has 0 atom stereocenters. The number of benzene rings is 1. The minimum Gasteiger partial charge on any atom is -0.250 e. The second kappa shape index (κ2) is 3.90. The molecule has 65 valence electrons. The molecule has 0 nitrogen and oxygen atoms in total. The van der Waals surface area contributed by atoms with Crippen molar-refractivity contribution in [3.8, 4) is 0 Å². The summed E-state index contributed by atoms with van der Waals surface area (Å²) in [6.45, 7) is 3.31. The molecule has 0 saturated heterocycles. The van der Waals surface area contributed by atoms with Gasteiger partial charge in [0, 0.05) is 10.9 Å². The zero-order valence-corrected chi connectivity index (χ0v) is 7.95. The zero-order chi connectivity index (χ0) is 9.14. The summed E-state index contributed by atoms with van der Waals surface area (Å²) in [7, 11) is 0. The van der Waals surface area contributed by atoms with E-state index in [1.807, 2.05) is 19.1 Å². The van der Waals surface area contributed by atoms with E-state index in [2.05, 4.69) is 0 Å². The monoisotopic (exact) mass is 185 g/mol. The van der Waals surface area contributed by atoms with Crippen LogP contribution in [0.2, 0.25) is 5.02 Å². The number of hydrogen-bond donors (Lipinski definition) is 0. The predicted molar refractivity (Wildman–Crippen MR) is 50.2 cm³/mol. The summed E-state index contributed by atoms with van der Waals surface area (Å²) in [6, 6.07) is 5.51. The number of alkyl halides is 1. The lowest BCUT2D eigenvalue weighted by molar-refractivity contribution is 0.515. The van der Waals surface area contributed by atoms with Gasteiger partial charge < -0.3 is 0 Å². The molecule has 0 aromatic heterocycles. The summed E-state index contributed by atoms with van der Waals surface area (Å²) in [6.07, 6.45) is 0. The second-order valence-corrected chi connectivity index (χ2v) is 3.31. The first kappa shape index (κ1) is 9.53. The van der Waals surface area contributed by atoms with Crippen molar-refractivity contribution in [3.05, 3.63) is 40.3 Å². The molecule has 1 aromatic carbocycles. The molecule has 0 N–H and O–H groups in total. The molecule has 0 aliphatic rings. The molecule has 1 radical (unpaired) electrons. The van der Waals surface area contributed by atoms with Crippen LogP contribution in [0.5, 0.6) is 0 Å². The number of hydrogen-bond acceptors (Lipinski definition) is 0. The van der Waals surface area contributed by atoms with Gasteiger partial charge >= 0.3 is 0 Å². The Balaban J connectivity index is 3.04. The molecule has 0 spiro atoms. The van der Waals surface area contributed by atoms with Gasteiger partial charge in [-0.1, -0.05) is 24.6 Å². The van der Waals surface area contributed by atoms with Crippen LogP contribution in [0.15, 0.2) is 18.2 Å². The zero-order valence-electron chi connectivity index (χ0n) is 7.20. The van der Waals surface area contributed by atoms with Gasteiger partial charge in [-0.05, 0) is 30.2 Å². The largest absolute Gasteiger partial charge is 0.250 e. The van der Waals surface area contributed by atoms with Gasteiger partial charge in [-0.15, -0.1) is 0 Å². The Morgan fingerprint density at radius 1 is 1.50 bits per heavy atom. The molecule has 0 fully saturated rings. The highest BCUT2D eigenvalue weighted by atomic mass is 35.5. The second-order valence-electron chi connectivity index (χ2n) is 2.87. The molecule has 0 bridgehead atoms. The lowest BCUT2D eigenvalue weighted by atomic mass is 9.98.